The normalized spacial score (nSPS) is 19.4. The van der Waals surface area contributed by atoms with Crippen molar-refractivity contribution in [1.29, 1.82) is 0 Å². The molecule has 18 heavy (non-hydrogen) atoms. The van der Waals surface area contributed by atoms with Crippen molar-refractivity contribution in [1.82, 2.24) is 4.98 Å². The van der Waals surface area contributed by atoms with Crippen molar-refractivity contribution in [3.63, 3.8) is 0 Å². The Kier molecular flexibility index (Phi) is 3.93. The standard InChI is InChI=1S/C11H18N2O3S2/c1-8(2)10-9(7-14)17-11(12-10)13-3-5-18(15,16)6-4-13/h8,14H,3-7H2,1-2H3. The largest absolute Gasteiger partial charge is 0.391 e. The van der Waals surface area contributed by atoms with Crippen LogP contribution >= 0.6 is 11.3 Å². The number of sulfone groups is 1. The maximum atomic E-state index is 11.4. The fourth-order valence-electron chi connectivity index (χ4n) is 1.95. The van der Waals surface area contributed by atoms with Crippen LogP contribution in [0.3, 0.4) is 0 Å². The van der Waals surface area contributed by atoms with Crippen LogP contribution in [0, 0.1) is 0 Å². The van der Waals surface area contributed by atoms with E-state index in [1.807, 2.05) is 18.7 Å². The fraction of sp³-hybridized carbons (Fsp3) is 0.727. The third-order valence-corrected chi connectivity index (χ3v) is 5.75. The lowest BCUT2D eigenvalue weighted by atomic mass is 10.1. The highest BCUT2D eigenvalue weighted by Gasteiger charge is 2.25. The van der Waals surface area contributed by atoms with Gasteiger partial charge in [-0.3, -0.25) is 0 Å². The Morgan fingerprint density at radius 2 is 2.00 bits per heavy atom. The third-order valence-electron chi connectivity index (χ3n) is 3.02. The lowest BCUT2D eigenvalue weighted by Gasteiger charge is -2.26. The van der Waals surface area contributed by atoms with Crippen molar-refractivity contribution in [2.75, 3.05) is 29.5 Å². The van der Waals surface area contributed by atoms with Gasteiger partial charge in [-0.2, -0.15) is 0 Å². The summed E-state index contributed by atoms with van der Waals surface area (Å²) in [7, 11) is -2.86. The van der Waals surface area contributed by atoms with E-state index in [9.17, 15) is 13.5 Å². The van der Waals surface area contributed by atoms with Gasteiger partial charge in [0.25, 0.3) is 0 Å². The zero-order chi connectivity index (χ0) is 13.3. The third kappa shape index (κ3) is 2.84. The maximum absolute atomic E-state index is 11.4. The van der Waals surface area contributed by atoms with Crippen molar-refractivity contribution in [2.45, 2.75) is 26.4 Å². The predicted molar refractivity (Wildman–Crippen MR) is 73.0 cm³/mol. The molecule has 2 rings (SSSR count). The van der Waals surface area contributed by atoms with Crippen LogP contribution in [-0.4, -0.2) is 43.1 Å². The summed E-state index contributed by atoms with van der Waals surface area (Å²) in [5, 5.41) is 10.1. The van der Waals surface area contributed by atoms with Gasteiger partial charge in [-0.25, -0.2) is 13.4 Å². The smallest absolute Gasteiger partial charge is 0.185 e. The molecule has 1 fully saturated rings. The molecule has 0 unspecified atom stereocenters. The summed E-state index contributed by atoms with van der Waals surface area (Å²) in [6.45, 7) is 5.07. The van der Waals surface area contributed by atoms with Gasteiger partial charge < -0.3 is 10.0 Å². The van der Waals surface area contributed by atoms with E-state index in [0.717, 1.165) is 15.7 Å². The van der Waals surface area contributed by atoms with Crippen molar-refractivity contribution in [2.24, 2.45) is 0 Å². The average molecular weight is 290 g/mol. The second-order valence-electron chi connectivity index (χ2n) is 4.76. The van der Waals surface area contributed by atoms with Gasteiger partial charge in [0.05, 0.1) is 28.7 Å². The molecule has 1 saturated heterocycles. The number of aliphatic hydroxyl groups excluding tert-OH is 1. The molecule has 0 aromatic carbocycles. The van der Waals surface area contributed by atoms with Crippen LogP contribution in [0.2, 0.25) is 0 Å². The number of aliphatic hydroxyl groups is 1. The van der Waals surface area contributed by atoms with E-state index in [1.54, 1.807) is 0 Å². The molecular weight excluding hydrogens is 272 g/mol. The van der Waals surface area contributed by atoms with E-state index in [0.29, 0.717) is 13.1 Å². The first-order chi connectivity index (χ1) is 8.43. The molecular formula is C11H18N2O3S2. The van der Waals surface area contributed by atoms with Gasteiger partial charge >= 0.3 is 0 Å². The summed E-state index contributed by atoms with van der Waals surface area (Å²) in [5.74, 6) is 0.654. The Morgan fingerprint density at radius 1 is 1.39 bits per heavy atom. The zero-order valence-electron chi connectivity index (χ0n) is 10.6. The van der Waals surface area contributed by atoms with Crippen LogP contribution in [0.15, 0.2) is 0 Å². The van der Waals surface area contributed by atoms with Crippen LogP contribution in [0.1, 0.15) is 30.3 Å². The molecule has 1 N–H and O–H groups in total. The minimum atomic E-state index is -2.86. The highest BCUT2D eigenvalue weighted by Crippen LogP contribution is 2.31. The molecule has 1 aliphatic rings. The quantitative estimate of drug-likeness (QED) is 0.899. The summed E-state index contributed by atoms with van der Waals surface area (Å²) >= 11 is 1.46. The molecule has 0 radical (unpaired) electrons. The molecule has 1 aromatic rings. The average Bonchev–Trinajstić information content (AvgIpc) is 2.73. The van der Waals surface area contributed by atoms with Crippen molar-refractivity contribution in [3.05, 3.63) is 10.6 Å². The summed E-state index contributed by atoms with van der Waals surface area (Å²) in [6.07, 6.45) is 0. The van der Waals surface area contributed by atoms with Crippen LogP contribution in [0.4, 0.5) is 5.13 Å². The summed E-state index contributed by atoms with van der Waals surface area (Å²) < 4.78 is 22.8. The first-order valence-corrected chi connectivity index (χ1v) is 8.62. The van der Waals surface area contributed by atoms with E-state index in [2.05, 4.69) is 4.98 Å². The van der Waals surface area contributed by atoms with E-state index in [4.69, 9.17) is 0 Å². The Labute approximate surface area is 111 Å². The SMILES string of the molecule is CC(C)c1nc(N2CCS(=O)(=O)CC2)sc1CO. The van der Waals surface area contributed by atoms with Crippen LogP contribution in [0.5, 0.6) is 0 Å². The van der Waals surface area contributed by atoms with Gasteiger partial charge in [0.1, 0.15) is 0 Å². The van der Waals surface area contributed by atoms with Crippen molar-refractivity contribution >= 4 is 26.3 Å². The van der Waals surface area contributed by atoms with Gasteiger partial charge in [-0.15, -0.1) is 0 Å². The molecule has 2 heterocycles. The first-order valence-electron chi connectivity index (χ1n) is 5.99. The van der Waals surface area contributed by atoms with E-state index >= 15 is 0 Å². The van der Waals surface area contributed by atoms with Crippen LogP contribution in [0.25, 0.3) is 0 Å². The lowest BCUT2D eigenvalue weighted by Crippen LogP contribution is -2.40. The second kappa shape index (κ2) is 5.14. The molecule has 0 aliphatic carbocycles. The number of anilines is 1. The highest BCUT2D eigenvalue weighted by atomic mass is 32.2. The van der Waals surface area contributed by atoms with Crippen LogP contribution in [-0.2, 0) is 16.4 Å². The number of hydrogen-bond acceptors (Lipinski definition) is 6. The van der Waals surface area contributed by atoms with E-state index < -0.39 is 9.84 Å². The molecule has 0 bridgehead atoms. The number of hydrogen-bond donors (Lipinski definition) is 1. The predicted octanol–water partition coefficient (Wildman–Crippen LogP) is 0.994. The van der Waals surface area contributed by atoms with Crippen molar-refractivity contribution in [3.8, 4) is 0 Å². The van der Waals surface area contributed by atoms with Gasteiger partial charge in [0, 0.05) is 13.1 Å². The second-order valence-corrected chi connectivity index (χ2v) is 8.12. The molecule has 7 heteroatoms. The summed E-state index contributed by atoms with van der Waals surface area (Å²) in [6, 6.07) is 0. The van der Waals surface area contributed by atoms with Gasteiger partial charge in [-0.1, -0.05) is 25.2 Å². The zero-order valence-corrected chi connectivity index (χ0v) is 12.2. The molecule has 1 aliphatic heterocycles. The molecule has 0 amide bonds. The Balaban J connectivity index is 2.20. The first kappa shape index (κ1) is 13.8. The monoisotopic (exact) mass is 290 g/mol. The molecule has 1 aromatic heterocycles. The van der Waals surface area contributed by atoms with Gasteiger partial charge in [0.15, 0.2) is 15.0 Å². The van der Waals surface area contributed by atoms with Gasteiger partial charge in [-0.05, 0) is 5.92 Å². The minimum Gasteiger partial charge on any atom is -0.391 e. The van der Waals surface area contributed by atoms with E-state index in [1.165, 1.54) is 11.3 Å². The number of rotatable bonds is 3. The minimum absolute atomic E-state index is 0.00266. The van der Waals surface area contributed by atoms with Gasteiger partial charge in [0.2, 0.25) is 0 Å². The molecule has 102 valence electrons. The molecule has 0 saturated carbocycles. The Hall–Kier alpha value is -0.660. The number of aromatic nitrogens is 1. The lowest BCUT2D eigenvalue weighted by molar-refractivity contribution is 0.283. The summed E-state index contributed by atoms with van der Waals surface area (Å²) in [5.41, 5.74) is 0.922. The van der Waals surface area contributed by atoms with Crippen molar-refractivity contribution < 1.29 is 13.5 Å². The fourth-order valence-corrected chi connectivity index (χ4v) is 4.28. The molecule has 5 nitrogen and oxygen atoms in total. The Bertz CT molecular complexity index is 508. The maximum Gasteiger partial charge on any atom is 0.185 e. The summed E-state index contributed by atoms with van der Waals surface area (Å²) in [4.78, 5) is 7.42. The van der Waals surface area contributed by atoms with Crippen LogP contribution < -0.4 is 4.90 Å². The highest BCUT2D eigenvalue weighted by molar-refractivity contribution is 7.91. The topological polar surface area (TPSA) is 70.5 Å². The number of thiazole rings is 1. The Morgan fingerprint density at radius 3 is 2.44 bits per heavy atom. The van der Waals surface area contributed by atoms with E-state index in [-0.39, 0.29) is 24.0 Å². The number of nitrogens with zero attached hydrogens (tertiary/aromatic N) is 2. The molecule has 0 spiro atoms. The molecule has 0 atom stereocenters.